The maximum Gasteiger partial charge on any atom is 0.241 e. The summed E-state index contributed by atoms with van der Waals surface area (Å²) in [6.45, 7) is 1.36. The van der Waals surface area contributed by atoms with Crippen molar-refractivity contribution in [2.45, 2.75) is 23.5 Å². The second kappa shape index (κ2) is 6.32. The van der Waals surface area contributed by atoms with Crippen LogP contribution in [0.15, 0.2) is 35.5 Å². The van der Waals surface area contributed by atoms with Crippen LogP contribution in [0.3, 0.4) is 0 Å². The first-order chi connectivity index (χ1) is 12.0. The lowest BCUT2D eigenvalue weighted by molar-refractivity contribution is 0.102. The molecule has 2 aromatic rings. The molecule has 0 saturated carbocycles. The highest BCUT2D eigenvalue weighted by atomic mass is 32.2. The van der Waals surface area contributed by atoms with Crippen LogP contribution in [0.1, 0.15) is 18.1 Å². The number of ether oxygens (including phenoxy) is 3. The fraction of sp³-hybridized carbons (Fsp3) is 0.438. The molecule has 0 radical (unpaired) electrons. The van der Waals surface area contributed by atoms with E-state index in [9.17, 15) is 8.42 Å². The predicted molar refractivity (Wildman–Crippen MR) is 88.1 cm³/mol. The van der Waals surface area contributed by atoms with E-state index < -0.39 is 10.0 Å². The smallest absolute Gasteiger partial charge is 0.241 e. The van der Waals surface area contributed by atoms with Gasteiger partial charge in [0.25, 0.3) is 0 Å². The second-order valence-electron chi connectivity index (χ2n) is 6.06. The predicted octanol–water partition coefficient (Wildman–Crippen LogP) is 1.000. The van der Waals surface area contributed by atoms with Crippen molar-refractivity contribution in [1.29, 1.82) is 0 Å². The molecule has 4 rings (SSSR count). The van der Waals surface area contributed by atoms with E-state index in [0.717, 1.165) is 5.56 Å². The van der Waals surface area contributed by atoms with E-state index in [2.05, 4.69) is 9.82 Å². The van der Waals surface area contributed by atoms with Crippen molar-refractivity contribution in [2.75, 3.05) is 19.8 Å². The highest BCUT2D eigenvalue weighted by Crippen LogP contribution is 2.34. The number of benzene rings is 1. The molecule has 0 spiro atoms. The average Bonchev–Trinajstić information content (AvgIpc) is 3.22. The van der Waals surface area contributed by atoms with Gasteiger partial charge in [0.2, 0.25) is 10.0 Å². The van der Waals surface area contributed by atoms with E-state index in [1.165, 1.54) is 12.1 Å². The maximum absolute atomic E-state index is 12.8. The second-order valence-corrected chi connectivity index (χ2v) is 7.77. The maximum atomic E-state index is 12.8. The largest absolute Gasteiger partial charge is 0.486 e. The van der Waals surface area contributed by atoms with Crippen LogP contribution in [0.25, 0.3) is 0 Å². The minimum absolute atomic E-state index is 0.147. The van der Waals surface area contributed by atoms with Gasteiger partial charge in [0.15, 0.2) is 11.5 Å². The van der Waals surface area contributed by atoms with Crippen LogP contribution in [0, 0.1) is 0 Å². The Hall–Kier alpha value is -2.10. The number of aryl methyl sites for hydroxylation is 1. The Morgan fingerprint density at radius 2 is 2.00 bits per heavy atom. The number of fused-ring (bicyclic) bond motifs is 1. The number of hydrogen-bond acceptors (Lipinski definition) is 6. The van der Waals surface area contributed by atoms with Crippen LogP contribution in [0.5, 0.6) is 11.5 Å². The molecule has 8 nitrogen and oxygen atoms in total. The summed E-state index contributed by atoms with van der Waals surface area (Å²) in [7, 11) is -1.89. The summed E-state index contributed by atoms with van der Waals surface area (Å²) in [6, 6.07) is 4.28. The van der Waals surface area contributed by atoms with Crippen molar-refractivity contribution in [2.24, 2.45) is 7.05 Å². The van der Waals surface area contributed by atoms with Gasteiger partial charge in [-0.05, 0) is 18.6 Å². The van der Waals surface area contributed by atoms with Gasteiger partial charge >= 0.3 is 0 Å². The van der Waals surface area contributed by atoms with Crippen LogP contribution in [0.2, 0.25) is 0 Å². The zero-order valence-corrected chi connectivity index (χ0v) is 14.5. The van der Waals surface area contributed by atoms with Gasteiger partial charge in [0.05, 0.1) is 17.1 Å². The molecule has 2 aliphatic rings. The number of rotatable bonds is 4. The molecule has 0 unspecified atom stereocenters. The molecule has 1 aromatic heterocycles. The normalized spacial score (nSPS) is 22.9. The van der Waals surface area contributed by atoms with Gasteiger partial charge in [-0.3, -0.25) is 4.68 Å². The quantitative estimate of drug-likeness (QED) is 0.869. The number of nitrogens with one attached hydrogen (secondary N) is 1. The molecule has 0 amide bonds. The van der Waals surface area contributed by atoms with E-state index in [4.69, 9.17) is 14.2 Å². The van der Waals surface area contributed by atoms with Crippen molar-refractivity contribution < 1.29 is 22.6 Å². The topological polar surface area (TPSA) is 91.7 Å². The van der Waals surface area contributed by atoms with E-state index >= 15 is 0 Å². The van der Waals surface area contributed by atoms with E-state index in [1.807, 2.05) is 13.2 Å². The van der Waals surface area contributed by atoms with Gasteiger partial charge < -0.3 is 14.2 Å². The van der Waals surface area contributed by atoms with Gasteiger partial charge in [0, 0.05) is 31.5 Å². The lowest BCUT2D eigenvalue weighted by atomic mass is 10.1. The summed E-state index contributed by atoms with van der Waals surface area (Å²) >= 11 is 0. The van der Waals surface area contributed by atoms with Crippen LogP contribution in [0.4, 0.5) is 0 Å². The Bertz CT molecular complexity index is 880. The van der Waals surface area contributed by atoms with Crippen LogP contribution in [-0.4, -0.2) is 44.1 Å². The first-order valence-electron chi connectivity index (χ1n) is 8.05. The lowest BCUT2D eigenvalue weighted by Crippen LogP contribution is -2.36. The zero-order chi connectivity index (χ0) is 17.4. The van der Waals surface area contributed by atoms with E-state index in [1.54, 1.807) is 16.9 Å². The van der Waals surface area contributed by atoms with Crippen molar-refractivity contribution in [3.8, 4) is 11.5 Å². The molecule has 9 heteroatoms. The summed E-state index contributed by atoms with van der Waals surface area (Å²) in [5.41, 5.74) is 0.856. The Morgan fingerprint density at radius 1 is 1.20 bits per heavy atom. The third-order valence-corrected chi connectivity index (χ3v) is 5.76. The fourth-order valence-electron chi connectivity index (χ4n) is 3.08. The highest BCUT2D eigenvalue weighted by molar-refractivity contribution is 7.89. The summed E-state index contributed by atoms with van der Waals surface area (Å²) in [6.07, 6.45) is 3.78. The van der Waals surface area contributed by atoms with Crippen LogP contribution >= 0.6 is 0 Å². The molecule has 25 heavy (non-hydrogen) atoms. The summed E-state index contributed by atoms with van der Waals surface area (Å²) in [5.74, 6) is 1.00. The van der Waals surface area contributed by atoms with Gasteiger partial charge in [0.1, 0.15) is 19.3 Å². The molecule has 0 bridgehead atoms. The molecule has 0 aliphatic carbocycles. The number of sulfonamides is 1. The Kier molecular flexibility index (Phi) is 4.14. The molecule has 3 heterocycles. The molecule has 1 saturated heterocycles. The van der Waals surface area contributed by atoms with Gasteiger partial charge in [-0.15, -0.1) is 0 Å². The van der Waals surface area contributed by atoms with E-state index in [-0.39, 0.29) is 17.0 Å². The molecule has 2 aliphatic heterocycles. The Labute approximate surface area is 145 Å². The summed E-state index contributed by atoms with van der Waals surface area (Å²) in [4.78, 5) is 0.147. The SMILES string of the molecule is Cn1cc([C@H]2OCC[C@@H]2NS(=O)(=O)c2ccc3c(c2)OCCO3)cn1. The minimum atomic E-state index is -3.70. The lowest BCUT2D eigenvalue weighted by Gasteiger charge is -2.21. The van der Waals surface area contributed by atoms with Crippen molar-refractivity contribution in [3.63, 3.8) is 0 Å². The third-order valence-electron chi connectivity index (χ3n) is 4.28. The molecule has 134 valence electrons. The minimum Gasteiger partial charge on any atom is -0.486 e. The molecule has 1 aromatic carbocycles. The summed E-state index contributed by atoms with van der Waals surface area (Å²) in [5, 5.41) is 4.13. The number of aromatic nitrogens is 2. The van der Waals surface area contributed by atoms with Crippen molar-refractivity contribution >= 4 is 10.0 Å². The molecule has 2 atom stereocenters. The number of nitrogens with zero attached hydrogens (tertiary/aromatic N) is 2. The van der Waals surface area contributed by atoms with Gasteiger partial charge in [-0.25, -0.2) is 13.1 Å². The molecular formula is C16H19N3O5S. The molecular weight excluding hydrogens is 346 g/mol. The Balaban J connectivity index is 1.56. The van der Waals surface area contributed by atoms with Crippen LogP contribution in [-0.2, 0) is 21.8 Å². The van der Waals surface area contributed by atoms with Crippen molar-refractivity contribution in [1.82, 2.24) is 14.5 Å². The first kappa shape index (κ1) is 16.4. The first-order valence-corrected chi connectivity index (χ1v) is 9.53. The van der Waals surface area contributed by atoms with E-state index in [0.29, 0.717) is 37.7 Å². The Morgan fingerprint density at radius 3 is 2.76 bits per heavy atom. The molecule has 1 fully saturated rings. The van der Waals surface area contributed by atoms with Gasteiger partial charge in [-0.2, -0.15) is 5.10 Å². The average molecular weight is 365 g/mol. The third kappa shape index (κ3) is 3.22. The monoisotopic (exact) mass is 365 g/mol. The standard InChI is InChI=1S/C16H19N3O5S/c1-19-10-11(9-17-19)16-13(4-5-24-16)18-25(20,21)12-2-3-14-15(8-12)23-7-6-22-14/h2-3,8-10,13,16,18H,4-7H2,1H3/t13-,16+/m0/s1. The van der Waals surface area contributed by atoms with Crippen molar-refractivity contribution in [3.05, 3.63) is 36.2 Å². The number of hydrogen-bond donors (Lipinski definition) is 1. The molecule has 1 N–H and O–H groups in total. The van der Waals surface area contributed by atoms with Gasteiger partial charge in [-0.1, -0.05) is 0 Å². The summed E-state index contributed by atoms with van der Waals surface area (Å²) < 4.78 is 46.6. The highest BCUT2D eigenvalue weighted by Gasteiger charge is 2.34. The zero-order valence-electron chi connectivity index (χ0n) is 13.7. The fourth-order valence-corrected chi connectivity index (χ4v) is 4.37. The van der Waals surface area contributed by atoms with Crippen LogP contribution < -0.4 is 14.2 Å².